The number of benzene rings is 6. The number of hydrogen-bond donors (Lipinski definition) is 4. The number of aryl methyl sites for hydroxylation is 1. The largest absolute Gasteiger partial charge is 1.00 e. The molecule has 0 aliphatic carbocycles. The zero-order valence-corrected chi connectivity index (χ0v) is 51.1. The molecule has 36 heteroatoms. The molecule has 4 N–H and O–H groups in total. The summed E-state index contributed by atoms with van der Waals surface area (Å²) in [5, 5.41) is 78.2. The van der Waals surface area contributed by atoms with E-state index in [0.29, 0.717) is 17.7 Å². The molecule has 3 amide bonds. The summed E-state index contributed by atoms with van der Waals surface area (Å²) in [4.78, 5) is 47.4. The van der Waals surface area contributed by atoms with Crippen LogP contribution in [0.25, 0.3) is 10.8 Å². The van der Waals surface area contributed by atoms with Crippen LogP contribution in [0.15, 0.2) is 147 Å². The summed E-state index contributed by atoms with van der Waals surface area (Å²) in [6.07, 6.45) is 0. The van der Waals surface area contributed by atoms with E-state index in [1.807, 2.05) is 0 Å². The molecule has 2 atom stereocenters. The predicted octanol–water partition coefficient (Wildman–Crippen LogP) is -2.03. The summed E-state index contributed by atoms with van der Waals surface area (Å²) in [7, 11) is -15.7. The number of aromatic hydroxyl groups is 3. The molecule has 0 spiro atoms. The van der Waals surface area contributed by atoms with Crippen LogP contribution in [0.2, 0.25) is 5.02 Å². The molecule has 0 radical (unpaired) electrons. The Morgan fingerprint density at radius 2 is 1.16 bits per heavy atom. The van der Waals surface area contributed by atoms with Crippen molar-refractivity contribution in [1.29, 1.82) is 0 Å². The monoisotopic (exact) mass is 1200 g/mol. The second-order valence-electron chi connectivity index (χ2n) is 16.4. The molecule has 29 nitrogen and oxygen atoms in total. The standard InChI is InChI=1S/C44H33ClN12O17S3.3Na/c1-19-12-22(42(61)46-24-5-7-25(8-6-24)55-43(62)36(20(2)53-55)50-48-32-16-27(75(66,67)68)15-30(45)40(32)59)4-11-31(19)47-52-38-35(77(72,73)74)14-23-13-26(9-10-29(23)39(38)58)56-44(63)37(21(3)54-56)51-49-33-17-28(76(69,70)71)18-34(41(33)60)57(64)65;;;/h4-18,36-37,58-60H,1-3H3,(H,46,61)(H,66,67,68)(H,69,70,71)(H,72,73,74);;;/q;3*+1/p-3. The summed E-state index contributed by atoms with van der Waals surface area (Å²) in [5.74, 6) is -4.87. The topological polar surface area (TPSA) is 444 Å². The van der Waals surface area contributed by atoms with Crippen molar-refractivity contribution in [2.24, 2.45) is 40.9 Å². The van der Waals surface area contributed by atoms with E-state index in [1.165, 1.54) is 81.4 Å². The molecule has 0 bridgehead atoms. The number of anilines is 3. The van der Waals surface area contributed by atoms with Gasteiger partial charge in [-0.2, -0.15) is 45.8 Å². The van der Waals surface area contributed by atoms with E-state index in [9.17, 15) is 78.7 Å². The number of hydrogen-bond acceptors (Lipinski definition) is 25. The van der Waals surface area contributed by atoms with Crippen LogP contribution in [0, 0.1) is 17.0 Å². The molecule has 396 valence electrons. The number of nitro groups is 1. The van der Waals surface area contributed by atoms with E-state index in [-0.39, 0.29) is 139 Å². The van der Waals surface area contributed by atoms with E-state index in [0.717, 1.165) is 28.2 Å². The first-order valence-corrected chi connectivity index (χ1v) is 25.9. The third-order valence-corrected chi connectivity index (χ3v) is 14.0. The number of hydrazone groups is 2. The maximum absolute atomic E-state index is 13.5. The Bertz CT molecular complexity index is 4120. The maximum atomic E-state index is 13.5. The van der Waals surface area contributed by atoms with Crippen molar-refractivity contribution < 1.29 is 162 Å². The van der Waals surface area contributed by atoms with Crippen LogP contribution in [-0.2, 0) is 39.9 Å². The Hall–Kier alpha value is -6.05. The van der Waals surface area contributed by atoms with Gasteiger partial charge in [0.1, 0.15) is 47.4 Å². The Balaban J connectivity index is 0.00000392. The van der Waals surface area contributed by atoms with Crippen molar-refractivity contribution in [2.45, 2.75) is 47.5 Å². The van der Waals surface area contributed by atoms with Crippen LogP contribution >= 0.6 is 11.6 Å². The average molecular weight is 1200 g/mol. The Morgan fingerprint density at radius 1 is 0.637 bits per heavy atom. The molecule has 2 heterocycles. The van der Waals surface area contributed by atoms with Gasteiger partial charge in [-0.3, -0.25) is 24.5 Å². The first-order valence-electron chi connectivity index (χ1n) is 21.3. The Kier molecular flexibility index (Phi) is 20.2. The molecule has 80 heavy (non-hydrogen) atoms. The van der Waals surface area contributed by atoms with Crippen molar-refractivity contribution in [3.05, 3.63) is 117 Å². The van der Waals surface area contributed by atoms with Gasteiger partial charge in [-0.05, 0) is 117 Å². The number of fused-ring (bicyclic) bond motifs is 1. The maximum Gasteiger partial charge on any atom is 1.00 e. The average Bonchev–Trinajstić information content (AvgIpc) is 3.80. The van der Waals surface area contributed by atoms with Crippen molar-refractivity contribution in [3.63, 3.8) is 0 Å². The fraction of sp³-hybridized carbons (Fsp3) is 0.114. The molecule has 8 rings (SSSR count). The molecule has 0 saturated carbocycles. The minimum atomic E-state index is -5.40. The minimum absolute atomic E-state index is 0. The van der Waals surface area contributed by atoms with Gasteiger partial charge in [-0.25, -0.2) is 25.3 Å². The quantitative estimate of drug-likeness (QED) is 0.0300. The van der Waals surface area contributed by atoms with Gasteiger partial charge in [-0.1, -0.05) is 11.6 Å². The van der Waals surface area contributed by atoms with Gasteiger partial charge in [0.25, 0.3) is 17.7 Å². The summed E-state index contributed by atoms with van der Waals surface area (Å²) in [5.41, 5.74) is -2.15. The van der Waals surface area contributed by atoms with Crippen LogP contribution in [0.1, 0.15) is 29.8 Å². The van der Waals surface area contributed by atoms with Gasteiger partial charge < -0.3 is 34.3 Å². The van der Waals surface area contributed by atoms with Gasteiger partial charge in [0.15, 0.2) is 23.6 Å². The number of phenolic OH excluding ortho intramolecular Hbond substituents is 3. The fourth-order valence-corrected chi connectivity index (χ4v) is 9.32. The number of nitrogens with zero attached hydrogens (tertiary/aromatic N) is 11. The summed E-state index contributed by atoms with van der Waals surface area (Å²) in [6, 6.07) is 13.9. The van der Waals surface area contributed by atoms with Crippen LogP contribution in [-0.4, -0.2) is 100 Å². The number of amides is 3. The molecule has 2 aliphatic rings. The van der Waals surface area contributed by atoms with E-state index in [1.54, 1.807) is 0 Å². The van der Waals surface area contributed by atoms with Crippen LogP contribution in [0.3, 0.4) is 0 Å². The van der Waals surface area contributed by atoms with Crippen LogP contribution in [0.5, 0.6) is 17.2 Å². The van der Waals surface area contributed by atoms with Crippen LogP contribution < -0.4 is 104 Å². The van der Waals surface area contributed by atoms with Gasteiger partial charge in [0, 0.05) is 22.7 Å². The molecule has 0 aromatic heterocycles. The number of carbonyl (C=O) groups is 3. The molecule has 2 unspecified atom stereocenters. The third-order valence-electron chi connectivity index (χ3n) is 11.2. The van der Waals surface area contributed by atoms with Crippen molar-refractivity contribution >= 4 is 127 Å². The number of phenols is 3. The molecular weight excluding hydrogens is 1170 g/mol. The van der Waals surface area contributed by atoms with Gasteiger partial charge >= 0.3 is 94.4 Å². The summed E-state index contributed by atoms with van der Waals surface area (Å²) < 4.78 is 107. The first-order chi connectivity index (χ1) is 36.0. The van der Waals surface area contributed by atoms with Crippen molar-refractivity contribution in [3.8, 4) is 17.2 Å². The molecular formula is C44H30ClN12Na3O17S3. The smallest absolute Gasteiger partial charge is 0.744 e. The van der Waals surface area contributed by atoms with E-state index >= 15 is 0 Å². The third kappa shape index (κ3) is 13.6. The van der Waals surface area contributed by atoms with E-state index in [2.05, 4.69) is 46.2 Å². The Morgan fingerprint density at radius 3 is 1.69 bits per heavy atom. The number of azo groups is 3. The van der Waals surface area contributed by atoms with Gasteiger partial charge in [0.05, 0.1) is 53.1 Å². The van der Waals surface area contributed by atoms with Crippen molar-refractivity contribution in [2.75, 3.05) is 15.3 Å². The number of rotatable bonds is 14. The van der Waals surface area contributed by atoms with Crippen molar-refractivity contribution in [1.82, 2.24) is 0 Å². The summed E-state index contributed by atoms with van der Waals surface area (Å²) >= 11 is 5.84. The normalized spacial score (nSPS) is 15.7. The van der Waals surface area contributed by atoms with E-state index < -0.39 is 125 Å². The minimum Gasteiger partial charge on any atom is -0.744 e. The molecule has 6 aromatic carbocycles. The van der Waals surface area contributed by atoms with Crippen LogP contribution in [0.4, 0.5) is 45.5 Å². The zero-order valence-electron chi connectivity index (χ0n) is 41.9. The molecule has 6 aromatic rings. The van der Waals surface area contributed by atoms with Gasteiger partial charge in [0.2, 0.25) is 5.75 Å². The number of carbonyl (C=O) groups excluding carboxylic acids is 3. The number of nitrogens with one attached hydrogen (secondary N) is 1. The second-order valence-corrected chi connectivity index (χ2v) is 20.9. The predicted molar refractivity (Wildman–Crippen MR) is 265 cm³/mol. The second kappa shape index (κ2) is 25.0. The molecule has 2 aliphatic heterocycles. The number of halogens is 1. The molecule has 0 fully saturated rings. The van der Waals surface area contributed by atoms with Gasteiger partial charge in [-0.15, -0.1) is 5.11 Å². The fourth-order valence-electron chi connectivity index (χ4n) is 7.37. The van der Waals surface area contributed by atoms with E-state index in [4.69, 9.17) is 11.6 Å². The first kappa shape index (κ1) is 64.8. The zero-order chi connectivity index (χ0) is 56.2. The summed E-state index contributed by atoms with van der Waals surface area (Å²) in [6.45, 7) is 4.32. The molecule has 0 saturated heterocycles. The number of nitro benzene ring substituents is 1. The SMILES string of the molecule is CC1=NN(c2ccc(NC(=O)c3ccc(N=Nc4c(S(=O)(=O)[O-])cc5cc(N6N=C(C)C(N=Nc7cc(S(=O)(=O)[O-])cc([N+](=O)[O-])c7O)C6=O)ccc5c4O)c(C)c3)cc2)C(=O)C1N=Nc1cc(S(=O)(=O)[O-])cc(Cl)c1O.[Na+].[Na+].[Na+]. The Labute approximate surface area is 522 Å².